The van der Waals surface area contributed by atoms with Gasteiger partial charge in [-0.2, -0.15) is 0 Å². The molecule has 1 heteroatoms. The van der Waals surface area contributed by atoms with Crippen molar-refractivity contribution in [3.63, 3.8) is 0 Å². The maximum Gasteiger partial charge on any atom is -0.00461 e. The monoisotopic (exact) mass is 111 g/mol. The van der Waals surface area contributed by atoms with Crippen LogP contribution < -0.4 is 5.73 Å². The van der Waals surface area contributed by atoms with Crippen LogP contribution in [0.25, 0.3) is 0 Å². The van der Waals surface area contributed by atoms with Crippen molar-refractivity contribution in [2.45, 2.75) is 19.3 Å². The van der Waals surface area contributed by atoms with Gasteiger partial charge in [-0.05, 0) is 43.6 Å². The predicted octanol–water partition coefficient (Wildman–Crippen LogP) is 0.991. The average molecular weight is 111 g/mol. The first-order chi connectivity index (χ1) is 3.92. The number of hydrogen-bond acceptors (Lipinski definition) is 1. The van der Waals surface area contributed by atoms with Gasteiger partial charge in [-0.1, -0.05) is 0 Å². The van der Waals surface area contributed by atoms with E-state index in [1.54, 1.807) is 0 Å². The topological polar surface area (TPSA) is 26.0 Å². The molecule has 2 saturated carbocycles. The highest BCUT2D eigenvalue weighted by molar-refractivity contribution is 4.97. The summed E-state index contributed by atoms with van der Waals surface area (Å²) < 4.78 is 0. The molecular formula is C7H13N. The molecule has 0 aromatic heterocycles. The molecule has 3 atom stereocenters. The van der Waals surface area contributed by atoms with Crippen LogP contribution in [0.4, 0.5) is 0 Å². The van der Waals surface area contributed by atoms with Gasteiger partial charge in [0.1, 0.15) is 0 Å². The molecule has 0 heterocycles. The first-order valence-corrected chi connectivity index (χ1v) is 3.62. The molecule has 2 fully saturated rings. The van der Waals surface area contributed by atoms with Crippen LogP contribution in [-0.4, -0.2) is 6.54 Å². The van der Waals surface area contributed by atoms with Crippen molar-refractivity contribution in [3.05, 3.63) is 0 Å². The summed E-state index contributed by atoms with van der Waals surface area (Å²) >= 11 is 0. The SMILES string of the molecule is NCC1CC[C@H]2C[C@@H]12. The molecule has 2 aliphatic carbocycles. The van der Waals surface area contributed by atoms with Gasteiger partial charge in [0.05, 0.1) is 0 Å². The third kappa shape index (κ3) is 0.510. The van der Waals surface area contributed by atoms with Crippen LogP contribution in [0.2, 0.25) is 0 Å². The van der Waals surface area contributed by atoms with E-state index in [0.29, 0.717) is 0 Å². The summed E-state index contributed by atoms with van der Waals surface area (Å²) in [5.41, 5.74) is 5.55. The summed E-state index contributed by atoms with van der Waals surface area (Å²) in [5.74, 6) is 3.10. The minimum absolute atomic E-state index is 0.917. The Bertz CT molecular complexity index is 101. The lowest BCUT2D eigenvalue weighted by Gasteiger charge is -2.04. The summed E-state index contributed by atoms with van der Waals surface area (Å²) in [6.45, 7) is 0.946. The Labute approximate surface area is 50.3 Å². The first-order valence-electron chi connectivity index (χ1n) is 3.62. The predicted molar refractivity (Wildman–Crippen MR) is 33.4 cm³/mol. The van der Waals surface area contributed by atoms with Gasteiger partial charge in [-0.25, -0.2) is 0 Å². The highest BCUT2D eigenvalue weighted by Crippen LogP contribution is 2.54. The van der Waals surface area contributed by atoms with E-state index in [0.717, 1.165) is 24.3 Å². The quantitative estimate of drug-likeness (QED) is 0.536. The molecule has 0 amide bonds. The van der Waals surface area contributed by atoms with Gasteiger partial charge in [0, 0.05) is 0 Å². The lowest BCUT2D eigenvalue weighted by atomic mass is 10.0. The van der Waals surface area contributed by atoms with Crippen molar-refractivity contribution < 1.29 is 0 Å². The van der Waals surface area contributed by atoms with Crippen molar-refractivity contribution >= 4 is 0 Å². The van der Waals surface area contributed by atoms with Gasteiger partial charge in [-0.15, -0.1) is 0 Å². The third-order valence-electron chi connectivity index (χ3n) is 2.79. The molecule has 2 N–H and O–H groups in total. The van der Waals surface area contributed by atoms with E-state index in [4.69, 9.17) is 5.73 Å². The molecule has 0 bridgehead atoms. The fourth-order valence-electron chi connectivity index (χ4n) is 2.12. The molecule has 0 spiro atoms. The maximum absolute atomic E-state index is 5.55. The Hall–Kier alpha value is -0.0400. The fraction of sp³-hybridized carbons (Fsp3) is 1.00. The molecule has 0 saturated heterocycles. The second-order valence-electron chi connectivity index (χ2n) is 3.23. The van der Waals surface area contributed by atoms with Gasteiger partial charge in [-0.3, -0.25) is 0 Å². The molecule has 2 aliphatic rings. The van der Waals surface area contributed by atoms with Crippen molar-refractivity contribution in [2.24, 2.45) is 23.5 Å². The molecule has 0 radical (unpaired) electrons. The van der Waals surface area contributed by atoms with Crippen LogP contribution in [0.15, 0.2) is 0 Å². The van der Waals surface area contributed by atoms with Crippen LogP contribution in [0, 0.1) is 17.8 Å². The lowest BCUT2D eigenvalue weighted by Crippen LogP contribution is -2.13. The molecule has 0 aliphatic heterocycles. The molecule has 0 aromatic carbocycles. The van der Waals surface area contributed by atoms with Crippen LogP contribution in [-0.2, 0) is 0 Å². The highest BCUT2D eigenvalue weighted by Gasteiger charge is 2.46. The van der Waals surface area contributed by atoms with Crippen molar-refractivity contribution in [1.29, 1.82) is 0 Å². The Kier molecular flexibility index (Phi) is 0.884. The molecular weight excluding hydrogens is 98.1 g/mol. The molecule has 46 valence electrons. The standard InChI is InChI=1S/C7H13N/c8-4-6-2-1-5-3-7(5)6/h5-7H,1-4,8H2/t5-,6?,7+/m0/s1. The number of hydrogen-bond donors (Lipinski definition) is 1. The smallest absolute Gasteiger partial charge is 0.00461 e. The summed E-state index contributed by atoms with van der Waals surface area (Å²) in [6.07, 6.45) is 4.40. The van der Waals surface area contributed by atoms with Crippen LogP contribution in [0.5, 0.6) is 0 Å². The number of rotatable bonds is 1. The number of nitrogens with two attached hydrogens (primary N) is 1. The van der Waals surface area contributed by atoms with E-state index >= 15 is 0 Å². The minimum atomic E-state index is 0.917. The summed E-state index contributed by atoms with van der Waals surface area (Å²) in [5, 5.41) is 0. The van der Waals surface area contributed by atoms with Crippen molar-refractivity contribution in [3.8, 4) is 0 Å². The van der Waals surface area contributed by atoms with Crippen molar-refractivity contribution in [1.82, 2.24) is 0 Å². The van der Waals surface area contributed by atoms with E-state index < -0.39 is 0 Å². The van der Waals surface area contributed by atoms with Crippen LogP contribution >= 0.6 is 0 Å². The molecule has 2 rings (SSSR count). The maximum atomic E-state index is 5.55. The third-order valence-corrected chi connectivity index (χ3v) is 2.79. The second-order valence-corrected chi connectivity index (χ2v) is 3.23. The van der Waals surface area contributed by atoms with E-state index in [9.17, 15) is 0 Å². The van der Waals surface area contributed by atoms with Gasteiger partial charge >= 0.3 is 0 Å². The Morgan fingerprint density at radius 3 is 2.50 bits per heavy atom. The summed E-state index contributed by atoms with van der Waals surface area (Å²) in [7, 11) is 0. The van der Waals surface area contributed by atoms with Crippen LogP contribution in [0.1, 0.15) is 19.3 Å². The molecule has 1 unspecified atom stereocenters. The normalized spacial score (nSPS) is 51.4. The number of fused-ring (bicyclic) bond motifs is 1. The Morgan fingerprint density at radius 1 is 1.38 bits per heavy atom. The lowest BCUT2D eigenvalue weighted by molar-refractivity contribution is 0.492. The summed E-state index contributed by atoms with van der Waals surface area (Å²) in [6, 6.07) is 0. The van der Waals surface area contributed by atoms with Gasteiger partial charge in [0.2, 0.25) is 0 Å². The first kappa shape index (κ1) is 4.80. The summed E-state index contributed by atoms with van der Waals surface area (Å²) in [4.78, 5) is 0. The Morgan fingerprint density at radius 2 is 2.25 bits per heavy atom. The largest absolute Gasteiger partial charge is 0.330 e. The fourth-order valence-corrected chi connectivity index (χ4v) is 2.12. The van der Waals surface area contributed by atoms with Gasteiger partial charge in [0.15, 0.2) is 0 Å². The van der Waals surface area contributed by atoms with Crippen LogP contribution in [0.3, 0.4) is 0 Å². The van der Waals surface area contributed by atoms with E-state index in [-0.39, 0.29) is 0 Å². The minimum Gasteiger partial charge on any atom is -0.330 e. The average Bonchev–Trinajstić information content (AvgIpc) is 2.46. The van der Waals surface area contributed by atoms with E-state index in [2.05, 4.69) is 0 Å². The second kappa shape index (κ2) is 1.47. The Balaban J connectivity index is 1.97. The highest BCUT2D eigenvalue weighted by atomic mass is 14.6. The van der Waals surface area contributed by atoms with E-state index in [1.165, 1.54) is 19.3 Å². The zero-order valence-corrected chi connectivity index (χ0v) is 5.14. The van der Waals surface area contributed by atoms with E-state index in [1.807, 2.05) is 0 Å². The van der Waals surface area contributed by atoms with Gasteiger partial charge < -0.3 is 5.73 Å². The molecule has 1 nitrogen and oxygen atoms in total. The zero-order chi connectivity index (χ0) is 5.56. The molecule has 0 aromatic rings. The zero-order valence-electron chi connectivity index (χ0n) is 5.14. The van der Waals surface area contributed by atoms with Crippen molar-refractivity contribution in [2.75, 3.05) is 6.54 Å². The molecule has 8 heavy (non-hydrogen) atoms. The van der Waals surface area contributed by atoms with Gasteiger partial charge in [0.25, 0.3) is 0 Å².